The molecule has 0 aromatic heterocycles. The predicted octanol–water partition coefficient (Wildman–Crippen LogP) is 0.0716. The maximum atomic E-state index is 11.6. The first-order valence-electron chi connectivity index (χ1n) is 5.04. The second-order valence-electron chi connectivity index (χ2n) is 3.31. The molecule has 1 aromatic carbocycles. The van der Waals surface area contributed by atoms with Gasteiger partial charge in [0, 0.05) is 19.2 Å². The van der Waals surface area contributed by atoms with E-state index in [1.165, 1.54) is 7.11 Å². The van der Waals surface area contributed by atoms with Crippen molar-refractivity contribution < 1.29 is 18.3 Å². The zero-order valence-electron chi connectivity index (χ0n) is 9.51. The van der Waals surface area contributed by atoms with E-state index in [1.54, 1.807) is 24.3 Å². The number of ether oxygens (including phenoxy) is 1. The summed E-state index contributed by atoms with van der Waals surface area (Å²) in [5.74, 6) is 0. The van der Waals surface area contributed by atoms with Crippen molar-refractivity contribution >= 4 is 15.9 Å². The number of hydrogen-bond acceptors (Lipinski definition) is 4. The quantitative estimate of drug-likeness (QED) is 0.605. The normalized spacial score (nSPS) is 11.4. The van der Waals surface area contributed by atoms with Gasteiger partial charge in [-0.25, -0.2) is 0 Å². The highest BCUT2D eigenvalue weighted by atomic mass is 32.2. The SMILES string of the molecule is COCCNS(=O)(=O)Nc1ccccc1CO. The van der Waals surface area contributed by atoms with Gasteiger partial charge in [-0.05, 0) is 6.07 Å². The van der Waals surface area contributed by atoms with Crippen LogP contribution in [-0.2, 0) is 21.6 Å². The molecule has 0 amide bonds. The van der Waals surface area contributed by atoms with Crippen molar-refractivity contribution in [1.29, 1.82) is 0 Å². The van der Waals surface area contributed by atoms with Gasteiger partial charge in [-0.1, -0.05) is 18.2 Å². The lowest BCUT2D eigenvalue weighted by atomic mass is 10.2. The van der Waals surface area contributed by atoms with E-state index in [-0.39, 0.29) is 13.2 Å². The van der Waals surface area contributed by atoms with Crippen molar-refractivity contribution in [3.05, 3.63) is 29.8 Å². The highest BCUT2D eigenvalue weighted by Crippen LogP contribution is 2.15. The minimum atomic E-state index is -3.63. The van der Waals surface area contributed by atoms with Crippen LogP contribution in [0.5, 0.6) is 0 Å². The summed E-state index contributed by atoms with van der Waals surface area (Å²) in [5.41, 5.74) is 0.879. The molecule has 1 rings (SSSR count). The van der Waals surface area contributed by atoms with E-state index in [0.717, 1.165) is 0 Å². The molecule has 0 atom stereocenters. The van der Waals surface area contributed by atoms with E-state index >= 15 is 0 Å². The summed E-state index contributed by atoms with van der Waals surface area (Å²) in [5, 5.41) is 9.05. The smallest absolute Gasteiger partial charge is 0.299 e. The first-order valence-corrected chi connectivity index (χ1v) is 6.52. The third kappa shape index (κ3) is 4.70. The number of hydrogen-bond donors (Lipinski definition) is 3. The number of aliphatic hydroxyl groups is 1. The number of nitrogens with one attached hydrogen (secondary N) is 2. The van der Waals surface area contributed by atoms with Crippen LogP contribution in [-0.4, -0.2) is 33.8 Å². The lowest BCUT2D eigenvalue weighted by Crippen LogP contribution is -2.32. The Hall–Kier alpha value is -1.15. The molecule has 96 valence electrons. The fraction of sp³-hybridized carbons (Fsp3) is 0.400. The molecule has 0 aliphatic carbocycles. The molecule has 0 radical (unpaired) electrons. The number of benzene rings is 1. The molecule has 0 heterocycles. The van der Waals surface area contributed by atoms with Gasteiger partial charge >= 0.3 is 0 Å². The molecule has 3 N–H and O–H groups in total. The number of anilines is 1. The molecule has 17 heavy (non-hydrogen) atoms. The first-order chi connectivity index (χ1) is 8.09. The Morgan fingerprint density at radius 2 is 2.06 bits per heavy atom. The van der Waals surface area contributed by atoms with Crippen LogP contribution >= 0.6 is 0 Å². The molecule has 0 unspecified atom stereocenters. The lowest BCUT2D eigenvalue weighted by molar-refractivity contribution is 0.204. The van der Waals surface area contributed by atoms with E-state index in [9.17, 15) is 8.42 Å². The van der Waals surface area contributed by atoms with Gasteiger partial charge in [0.05, 0.1) is 18.9 Å². The molecule has 6 nitrogen and oxygen atoms in total. The van der Waals surface area contributed by atoms with Crippen LogP contribution in [0.2, 0.25) is 0 Å². The van der Waals surface area contributed by atoms with Crippen molar-refractivity contribution in [3.8, 4) is 0 Å². The molecule has 0 bridgehead atoms. The summed E-state index contributed by atoms with van der Waals surface area (Å²) in [7, 11) is -2.14. The Labute approximate surface area is 101 Å². The van der Waals surface area contributed by atoms with Gasteiger partial charge in [0.25, 0.3) is 10.2 Å². The van der Waals surface area contributed by atoms with Crippen molar-refractivity contribution in [2.24, 2.45) is 0 Å². The van der Waals surface area contributed by atoms with Gasteiger partial charge in [-0.3, -0.25) is 4.72 Å². The van der Waals surface area contributed by atoms with E-state index in [2.05, 4.69) is 9.44 Å². The first kappa shape index (κ1) is 13.9. The van der Waals surface area contributed by atoms with Gasteiger partial charge < -0.3 is 9.84 Å². The van der Waals surface area contributed by atoms with Gasteiger partial charge in [0.2, 0.25) is 0 Å². The van der Waals surface area contributed by atoms with Crippen LogP contribution in [0.1, 0.15) is 5.56 Å². The number of aliphatic hydroxyl groups excluding tert-OH is 1. The molecular formula is C10H16N2O4S. The highest BCUT2D eigenvalue weighted by Gasteiger charge is 2.10. The van der Waals surface area contributed by atoms with Gasteiger partial charge in [-0.2, -0.15) is 13.1 Å². The topological polar surface area (TPSA) is 87.7 Å². The molecule has 0 aliphatic rings. The van der Waals surface area contributed by atoms with Crippen LogP contribution in [0.15, 0.2) is 24.3 Å². The molecule has 0 saturated carbocycles. The average Bonchev–Trinajstić information content (AvgIpc) is 2.29. The van der Waals surface area contributed by atoms with Crippen molar-refractivity contribution in [3.63, 3.8) is 0 Å². The predicted molar refractivity (Wildman–Crippen MR) is 64.8 cm³/mol. The Bertz CT molecular complexity index is 447. The maximum absolute atomic E-state index is 11.6. The monoisotopic (exact) mass is 260 g/mol. The van der Waals surface area contributed by atoms with E-state index in [4.69, 9.17) is 9.84 Å². The third-order valence-corrected chi connectivity index (χ3v) is 3.10. The largest absolute Gasteiger partial charge is 0.392 e. The summed E-state index contributed by atoms with van der Waals surface area (Å²) in [4.78, 5) is 0. The van der Waals surface area contributed by atoms with E-state index in [0.29, 0.717) is 17.9 Å². The number of rotatable bonds is 7. The fourth-order valence-corrected chi connectivity index (χ4v) is 2.13. The van der Waals surface area contributed by atoms with Crippen LogP contribution < -0.4 is 9.44 Å². The van der Waals surface area contributed by atoms with E-state index in [1.807, 2.05) is 0 Å². The number of para-hydroxylation sites is 1. The molecule has 1 aromatic rings. The molecule has 0 saturated heterocycles. The molecule has 0 aliphatic heterocycles. The third-order valence-electron chi connectivity index (χ3n) is 2.03. The fourth-order valence-electron chi connectivity index (χ4n) is 1.22. The summed E-state index contributed by atoms with van der Waals surface area (Å²) in [6.45, 7) is 0.256. The van der Waals surface area contributed by atoms with Crippen molar-refractivity contribution in [2.45, 2.75) is 6.61 Å². The van der Waals surface area contributed by atoms with Crippen LogP contribution in [0.4, 0.5) is 5.69 Å². The summed E-state index contributed by atoms with van der Waals surface area (Å²) in [6, 6.07) is 6.64. The second-order valence-corrected chi connectivity index (χ2v) is 4.81. The van der Waals surface area contributed by atoms with Crippen LogP contribution in [0, 0.1) is 0 Å². The summed E-state index contributed by atoms with van der Waals surface area (Å²) < 4.78 is 32.6. The van der Waals surface area contributed by atoms with Crippen LogP contribution in [0.25, 0.3) is 0 Å². The Kier molecular flexibility index (Phi) is 5.36. The Morgan fingerprint density at radius 1 is 1.35 bits per heavy atom. The van der Waals surface area contributed by atoms with Gasteiger partial charge in [-0.15, -0.1) is 0 Å². The molecule has 7 heteroatoms. The zero-order valence-corrected chi connectivity index (χ0v) is 10.3. The minimum Gasteiger partial charge on any atom is -0.392 e. The number of methoxy groups -OCH3 is 1. The Balaban J connectivity index is 2.69. The standard InChI is InChI=1S/C10H16N2O4S/c1-16-7-6-11-17(14,15)12-10-5-3-2-4-9(10)8-13/h2-5,11-13H,6-8H2,1H3. The van der Waals surface area contributed by atoms with Crippen molar-refractivity contribution in [1.82, 2.24) is 4.72 Å². The minimum absolute atomic E-state index is 0.188. The van der Waals surface area contributed by atoms with Gasteiger partial charge in [0.1, 0.15) is 0 Å². The molecular weight excluding hydrogens is 244 g/mol. The van der Waals surface area contributed by atoms with E-state index < -0.39 is 10.2 Å². The summed E-state index contributed by atoms with van der Waals surface area (Å²) >= 11 is 0. The zero-order chi connectivity index (χ0) is 12.7. The maximum Gasteiger partial charge on any atom is 0.299 e. The van der Waals surface area contributed by atoms with Crippen LogP contribution in [0.3, 0.4) is 0 Å². The lowest BCUT2D eigenvalue weighted by Gasteiger charge is -2.11. The molecule has 0 spiro atoms. The highest BCUT2D eigenvalue weighted by molar-refractivity contribution is 7.90. The average molecular weight is 260 g/mol. The molecule has 0 fully saturated rings. The summed E-state index contributed by atoms with van der Waals surface area (Å²) in [6.07, 6.45) is 0. The Morgan fingerprint density at radius 3 is 2.71 bits per heavy atom. The second kappa shape index (κ2) is 6.55. The van der Waals surface area contributed by atoms with Crippen molar-refractivity contribution in [2.75, 3.05) is 25.0 Å². The van der Waals surface area contributed by atoms with Gasteiger partial charge in [0.15, 0.2) is 0 Å².